The number of halogens is 1. The highest BCUT2D eigenvalue weighted by Crippen LogP contribution is 2.17. The molecule has 0 aromatic carbocycles. The van der Waals surface area contributed by atoms with Crippen molar-refractivity contribution in [2.75, 3.05) is 26.0 Å². The second-order valence-electron chi connectivity index (χ2n) is 4.14. The first-order valence-electron chi connectivity index (χ1n) is 5.21. The Balaban J connectivity index is 2.79. The zero-order chi connectivity index (χ0) is 13.0. The lowest BCUT2D eigenvalue weighted by Crippen LogP contribution is -2.30. The summed E-state index contributed by atoms with van der Waals surface area (Å²) < 4.78 is 0. The van der Waals surface area contributed by atoms with E-state index in [1.54, 1.807) is 6.07 Å². The average molecular weight is 258 g/mol. The highest BCUT2D eigenvalue weighted by molar-refractivity contribution is 6.33. The van der Waals surface area contributed by atoms with Crippen LogP contribution in [0, 0.1) is 0 Å². The van der Waals surface area contributed by atoms with Crippen LogP contribution < -0.4 is 5.32 Å². The van der Waals surface area contributed by atoms with Crippen LogP contribution in [0.4, 0.5) is 5.82 Å². The quantitative estimate of drug-likeness (QED) is 0.842. The van der Waals surface area contributed by atoms with Crippen molar-refractivity contribution in [3.8, 4) is 0 Å². The average Bonchev–Trinajstić information content (AvgIpc) is 2.19. The minimum atomic E-state index is -1.13. The number of nitrogens with zero attached hydrogens (tertiary/aromatic N) is 2. The Kier molecular flexibility index (Phi) is 4.72. The summed E-state index contributed by atoms with van der Waals surface area (Å²) in [6.45, 7) is 2.82. The van der Waals surface area contributed by atoms with Gasteiger partial charge >= 0.3 is 5.97 Å². The molecular weight excluding hydrogens is 242 g/mol. The van der Waals surface area contributed by atoms with E-state index in [0.717, 1.165) is 6.54 Å². The number of pyridine rings is 1. The van der Waals surface area contributed by atoms with Crippen molar-refractivity contribution in [3.63, 3.8) is 0 Å². The van der Waals surface area contributed by atoms with Gasteiger partial charge in [-0.05, 0) is 33.2 Å². The van der Waals surface area contributed by atoms with Crippen molar-refractivity contribution in [3.05, 3.63) is 22.8 Å². The molecule has 0 fully saturated rings. The maximum absolute atomic E-state index is 10.9. The van der Waals surface area contributed by atoms with Crippen LogP contribution in [-0.4, -0.2) is 47.6 Å². The van der Waals surface area contributed by atoms with Gasteiger partial charge in [-0.3, -0.25) is 0 Å². The van der Waals surface area contributed by atoms with Crippen LogP contribution in [0.3, 0.4) is 0 Å². The zero-order valence-corrected chi connectivity index (χ0v) is 10.8. The molecule has 1 unspecified atom stereocenters. The summed E-state index contributed by atoms with van der Waals surface area (Å²) in [7, 11) is 3.94. The number of hydrogen-bond donors (Lipinski definition) is 2. The van der Waals surface area contributed by atoms with E-state index in [1.807, 2.05) is 25.9 Å². The van der Waals surface area contributed by atoms with Crippen molar-refractivity contribution in [1.82, 2.24) is 9.88 Å². The second-order valence-corrected chi connectivity index (χ2v) is 4.55. The summed E-state index contributed by atoms with van der Waals surface area (Å²) in [5.74, 6) is -0.611. The maximum atomic E-state index is 10.9. The van der Waals surface area contributed by atoms with Crippen LogP contribution in [0.1, 0.15) is 17.4 Å². The molecule has 2 N–H and O–H groups in total. The molecule has 0 saturated heterocycles. The molecule has 0 spiro atoms. The molecule has 0 saturated carbocycles. The molecule has 6 heteroatoms. The summed E-state index contributed by atoms with van der Waals surface area (Å²) in [6.07, 6.45) is 0. The largest absolute Gasteiger partial charge is 0.476 e. The van der Waals surface area contributed by atoms with Crippen molar-refractivity contribution < 1.29 is 9.90 Å². The van der Waals surface area contributed by atoms with Crippen molar-refractivity contribution in [1.29, 1.82) is 0 Å². The van der Waals surface area contributed by atoms with Gasteiger partial charge in [-0.2, -0.15) is 0 Å². The van der Waals surface area contributed by atoms with Crippen LogP contribution in [0.5, 0.6) is 0 Å². The molecule has 94 valence electrons. The van der Waals surface area contributed by atoms with Gasteiger partial charge in [0.2, 0.25) is 0 Å². The first-order chi connectivity index (χ1) is 7.90. The SMILES string of the molecule is CC(CN(C)C)Nc1ccc(Cl)c(C(=O)O)n1. The monoisotopic (exact) mass is 257 g/mol. The summed E-state index contributed by atoms with van der Waals surface area (Å²) in [5.41, 5.74) is -0.131. The zero-order valence-electron chi connectivity index (χ0n) is 10.1. The molecule has 1 aromatic rings. The summed E-state index contributed by atoms with van der Waals surface area (Å²) in [6, 6.07) is 3.37. The van der Waals surface area contributed by atoms with Gasteiger partial charge in [-0.1, -0.05) is 11.6 Å². The first kappa shape index (κ1) is 13.7. The van der Waals surface area contributed by atoms with E-state index in [0.29, 0.717) is 5.82 Å². The molecule has 0 radical (unpaired) electrons. The van der Waals surface area contributed by atoms with Crippen LogP contribution in [0.15, 0.2) is 12.1 Å². The van der Waals surface area contributed by atoms with E-state index in [2.05, 4.69) is 10.3 Å². The third kappa shape index (κ3) is 4.20. The standard InChI is InChI=1S/C11H16ClN3O2/c1-7(6-15(2)3)13-9-5-4-8(12)10(14-9)11(16)17/h4-5,7H,6H2,1-3H3,(H,13,14)(H,16,17). The van der Waals surface area contributed by atoms with E-state index in [-0.39, 0.29) is 16.8 Å². The van der Waals surface area contributed by atoms with E-state index in [9.17, 15) is 4.79 Å². The van der Waals surface area contributed by atoms with Gasteiger partial charge in [0.1, 0.15) is 5.82 Å². The third-order valence-electron chi connectivity index (χ3n) is 2.08. The Labute approximate surface area is 105 Å². The number of likely N-dealkylation sites (N-methyl/N-ethyl adjacent to an activating group) is 1. The molecular formula is C11H16ClN3O2. The van der Waals surface area contributed by atoms with E-state index in [1.165, 1.54) is 6.07 Å². The number of rotatable bonds is 5. The minimum absolute atomic E-state index is 0.131. The van der Waals surface area contributed by atoms with Gasteiger partial charge in [0.05, 0.1) is 5.02 Å². The highest BCUT2D eigenvalue weighted by atomic mass is 35.5. The van der Waals surface area contributed by atoms with Gasteiger partial charge in [-0.25, -0.2) is 9.78 Å². The molecule has 1 aromatic heterocycles. The smallest absolute Gasteiger partial charge is 0.356 e. The molecule has 1 rings (SSSR count). The third-order valence-corrected chi connectivity index (χ3v) is 2.39. The summed E-state index contributed by atoms with van der Waals surface area (Å²) in [4.78, 5) is 16.8. The molecule has 0 aliphatic heterocycles. The van der Waals surface area contributed by atoms with E-state index >= 15 is 0 Å². The predicted molar refractivity (Wildman–Crippen MR) is 67.8 cm³/mol. The molecule has 1 atom stereocenters. The molecule has 17 heavy (non-hydrogen) atoms. The van der Waals surface area contributed by atoms with Gasteiger partial charge in [0, 0.05) is 12.6 Å². The van der Waals surface area contributed by atoms with Gasteiger partial charge in [0.25, 0.3) is 0 Å². The fourth-order valence-electron chi connectivity index (χ4n) is 1.52. The van der Waals surface area contributed by atoms with Crippen LogP contribution in [0.2, 0.25) is 5.02 Å². The van der Waals surface area contributed by atoms with Gasteiger partial charge in [-0.15, -0.1) is 0 Å². The maximum Gasteiger partial charge on any atom is 0.356 e. The first-order valence-corrected chi connectivity index (χ1v) is 5.59. The molecule has 5 nitrogen and oxygen atoms in total. The summed E-state index contributed by atoms with van der Waals surface area (Å²) >= 11 is 5.73. The Morgan fingerprint density at radius 2 is 2.24 bits per heavy atom. The lowest BCUT2D eigenvalue weighted by Gasteiger charge is -2.19. The minimum Gasteiger partial charge on any atom is -0.476 e. The Hall–Kier alpha value is -1.33. The number of nitrogens with one attached hydrogen (secondary N) is 1. The molecule has 0 aliphatic rings. The number of anilines is 1. The van der Waals surface area contributed by atoms with Gasteiger partial charge < -0.3 is 15.3 Å². The number of aromatic nitrogens is 1. The number of carbonyl (C=O) groups is 1. The number of aromatic carboxylic acids is 1. The highest BCUT2D eigenvalue weighted by Gasteiger charge is 2.12. The lowest BCUT2D eigenvalue weighted by molar-refractivity contribution is 0.0691. The number of carboxylic acid groups (broad SMARTS) is 1. The van der Waals surface area contributed by atoms with Crippen LogP contribution >= 0.6 is 11.6 Å². The van der Waals surface area contributed by atoms with Crippen LogP contribution in [0.25, 0.3) is 0 Å². The predicted octanol–water partition coefficient (Wildman–Crippen LogP) is 1.80. The van der Waals surface area contributed by atoms with Gasteiger partial charge in [0.15, 0.2) is 5.69 Å². The lowest BCUT2D eigenvalue weighted by atomic mass is 10.3. The summed E-state index contributed by atoms with van der Waals surface area (Å²) in [5, 5.41) is 12.1. The Morgan fingerprint density at radius 3 is 2.76 bits per heavy atom. The van der Waals surface area contributed by atoms with E-state index < -0.39 is 5.97 Å². The number of hydrogen-bond acceptors (Lipinski definition) is 4. The molecule has 0 amide bonds. The Morgan fingerprint density at radius 1 is 1.59 bits per heavy atom. The Bertz CT molecular complexity index is 410. The number of carboxylic acids is 1. The van der Waals surface area contributed by atoms with Crippen LogP contribution in [-0.2, 0) is 0 Å². The normalized spacial score (nSPS) is 12.5. The second kappa shape index (κ2) is 5.84. The van der Waals surface area contributed by atoms with Crippen molar-refractivity contribution in [2.45, 2.75) is 13.0 Å². The molecule has 0 aliphatic carbocycles. The van der Waals surface area contributed by atoms with Crippen molar-refractivity contribution in [2.24, 2.45) is 0 Å². The fourth-order valence-corrected chi connectivity index (χ4v) is 1.70. The molecule has 1 heterocycles. The topological polar surface area (TPSA) is 65.5 Å². The van der Waals surface area contributed by atoms with Crippen molar-refractivity contribution >= 4 is 23.4 Å². The molecule has 0 bridgehead atoms. The fraction of sp³-hybridized carbons (Fsp3) is 0.455. The van der Waals surface area contributed by atoms with E-state index in [4.69, 9.17) is 16.7 Å².